The normalized spacial score (nSPS) is 13.4. The molecule has 1 amide bonds. The lowest BCUT2D eigenvalue weighted by Crippen LogP contribution is -2.46. The second-order valence-corrected chi connectivity index (χ2v) is 5.80. The van der Waals surface area contributed by atoms with Crippen LogP contribution in [-0.2, 0) is 4.79 Å². The number of aliphatic hydroxyl groups is 1. The average Bonchev–Trinajstić information content (AvgIpc) is 2.38. The Balaban J connectivity index is 2.93. The summed E-state index contributed by atoms with van der Waals surface area (Å²) in [5.74, 6) is -1.70. The van der Waals surface area contributed by atoms with Crippen molar-refractivity contribution in [1.82, 2.24) is 5.32 Å². The minimum Gasteiger partial charge on any atom is -0.496 e. The van der Waals surface area contributed by atoms with Crippen LogP contribution in [0.25, 0.3) is 0 Å². The van der Waals surface area contributed by atoms with E-state index in [1.54, 1.807) is 6.07 Å². The van der Waals surface area contributed by atoms with Gasteiger partial charge in [-0.05, 0) is 41.6 Å². The molecule has 0 saturated heterocycles. The number of carboxylic acids is 1. The summed E-state index contributed by atoms with van der Waals surface area (Å²) in [5.41, 5.74) is -1.88. The second kappa shape index (κ2) is 6.59. The van der Waals surface area contributed by atoms with Crippen molar-refractivity contribution >= 4 is 46.1 Å². The molecular weight excluding hydrogens is 400 g/mol. The molecule has 20 heavy (non-hydrogen) atoms. The van der Waals surface area contributed by atoms with E-state index in [-0.39, 0.29) is 5.56 Å². The number of aliphatic carboxylic acids is 1. The van der Waals surface area contributed by atoms with Gasteiger partial charge in [0.25, 0.3) is 5.91 Å². The van der Waals surface area contributed by atoms with E-state index in [2.05, 4.69) is 5.32 Å². The Morgan fingerprint density at radius 1 is 1.50 bits per heavy atom. The molecule has 110 valence electrons. The quantitative estimate of drug-likeness (QED) is 0.636. The van der Waals surface area contributed by atoms with Crippen LogP contribution < -0.4 is 10.1 Å². The van der Waals surface area contributed by atoms with E-state index in [1.807, 2.05) is 22.6 Å². The molecule has 0 saturated carbocycles. The third-order valence-electron chi connectivity index (χ3n) is 2.54. The molecule has 1 atom stereocenters. The van der Waals surface area contributed by atoms with Crippen molar-refractivity contribution in [2.45, 2.75) is 12.5 Å². The molecule has 0 aliphatic heterocycles. The van der Waals surface area contributed by atoms with E-state index in [9.17, 15) is 14.7 Å². The van der Waals surface area contributed by atoms with Crippen LogP contribution >= 0.6 is 34.2 Å². The molecule has 8 heteroatoms. The summed E-state index contributed by atoms with van der Waals surface area (Å²) in [6, 6.07) is 3.01. The first-order valence-electron chi connectivity index (χ1n) is 5.46. The zero-order chi connectivity index (χ0) is 15.5. The Labute approximate surface area is 134 Å². The van der Waals surface area contributed by atoms with Crippen LogP contribution in [0.15, 0.2) is 12.1 Å². The summed E-state index contributed by atoms with van der Waals surface area (Å²) < 4.78 is 5.80. The Bertz CT molecular complexity index is 547. The third-order valence-corrected chi connectivity index (χ3v) is 4.06. The number of methoxy groups -OCH3 is 1. The number of halogens is 2. The van der Waals surface area contributed by atoms with Gasteiger partial charge in [-0.3, -0.25) is 4.79 Å². The highest BCUT2D eigenvalue weighted by atomic mass is 127. The summed E-state index contributed by atoms with van der Waals surface area (Å²) in [6.07, 6.45) is 0. The summed E-state index contributed by atoms with van der Waals surface area (Å²) >= 11 is 7.94. The highest BCUT2D eigenvalue weighted by Crippen LogP contribution is 2.28. The van der Waals surface area contributed by atoms with Crippen molar-refractivity contribution in [2.75, 3.05) is 13.7 Å². The maximum Gasteiger partial charge on any atom is 0.337 e. The van der Waals surface area contributed by atoms with Crippen molar-refractivity contribution in [3.05, 3.63) is 26.3 Å². The van der Waals surface area contributed by atoms with Crippen LogP contribution in [0, 0.1) is 3.57 Å². The Morgan fingerprint density at radius 3 is 2.60 bits per heavy atom. The fourth-order valence-corrected chi connectivity index (χ4v) is 1.90. The van der Waals surface area contributed by atoms with E-state index in [1.165, 1.54) is 13.2 Å². The van der Waals surface area contributed by atoms with Gasteiger partial charge < -0.3 is 20.3 Å². The molecule has 0 fully saturated rings. The van der Waals surface area contributed by atoms with Gasteiger partial charge in [-0.1, -0.05) is 11.6 Å². The number of nitrogens with one attached hydrogen (secondary N) is 1. The predicted molar refractivity (Wildman–Crippen MR) is 81.3 cm³/mol. The van der Waals surface area contributed by atoms with Crippen molar-refractivity contribution in [3.63, 3.8) is 0 Å². The smallest absolute Gasteiger partial charge is 0.337 e. The predicted octanol–water partition coefficient (Wildman–Crippen LogP) is 1.52. The molecule has 0 spiro atoms. The summed E-state index contributed by atoms with van der Waals surface area (Å²) in [5, 5.41) is 21.0. The van der Waals surface area contributed by atoms with E-state index in [0.717, 1.165) is 10.5 Å². The lowest BCUT2D eigenvalue weighted by atomic mass is 10.1. The van der Waals surface area contributed by atoms with Crippen LogP contribution in [0.3, 0.4) is 0 Å². The van der Waals surface area contributed by atoms with Gasteiger partial charge >= 0.3 is 5.97 Å². The summed E-state index contributed by atoms with van der Waals surface area (Å²) in [4.78, 5) is 22.7. The minimum absolute atomic E-state index is 0.166. The number of ether oxygens (including phenoxy) is 1. The van der Waals surface area contributed by atoms with Gasteiger partial charge in [0.2, 0.25) is 0 Å². The number of hydrogen-bond donors (Lipinski definition) is 3. The highest BCUT2D eigenvalue weighted by molar-refractivity contribution is 14.1. The van der Waals surface area contributed by atoms with E-state index >= 15 is 0 Å². The first kappa shape index (κ1) is 17.0. The Kier molecular flexibility index (Phi) is 5.60. The van der Waals surface area contributed by atoms with Gasteiger partial charge in [-0.15, -0.1) is 0 Å². The number of rotatable bonds is 5. The Hall–Kier alpha value is -1.06. The van der Waals surface area contributed by atoms with Crippen LogP contribution in [-0.4, -0.2) is 41.3 Å². The summed E-state index contributed by atoms with van der Waals surface area (Å²) in [6.45, 7) is 0.654. The van der Waals surface area contributed by atoms with Crippen molar-refractivity contribution < 1.29 is 24.5 Å². The number of carbonyl (C=O) groups is 2. The van der Waals surface area contributed by atoms with Crippen molar-refractivity contribution in [3.8, 4) is 5.75 Å². The first-order valence-corrected chi connectivity index (χ1v) is 6.91. The minimum atomic E-state index is -2.05. The fraction of sp³-hybridized carbons (Fsp3) is 0.333. The van der Waals surface area contributed by atoms with Crippen LogP contribution in [0.1, 0.15) is 17.3 Å². The molecule has 1 aromatic carbocycles. The van der Waals surface area contributed by atoms with Crippen LogP contribution in [0.2, 0.25) is 5.02 Å². The molecular formula is C12H13ClINO5. The van der Waals surface area contributed by atoms with Crippen molar-refractivity contribution in [2.24, 2.45) is 0 Å². The molecule has 0 aromatic heterocycles. The maximum atomic E-state index is 12.0. The molecule has 1 rings (SSSR count). The number of benzene rings is 1. The number of amides is 1. The third kappa shape index (κ3) is 3.97. The lowest BCUT2D eigenvalue weighted by Gasteiger charge is -2.19. The van der Waals surface area contributed by atoms with Gasteiger partial charge in [0.15, 0.2) is 5.60 Å². The van der Waals surface area contributed by atoms with Gasteiger partial charge in [0, 0.05) is 3.57 Å². The zero-order valence-corrected chi connectivity index (χ0v) is 13.7. The maximum absolute atomic E-state index is 12.0. The van der Waals surface area contributed by atoms with Crippen LogP contribution in [0.4, 0.5) is 0 Å². The van der Waals surface area contributed by atoms with E-state index < -0.39 is 24.0 Å². The average molecular weight is 414 g/mol. The molecule has 0 aliphatic rings. The van der Waals surface area contributed by atoms with Crippen LogP contribution in [0.5, 0.6) is 5.75 Å². The lowest BCUT2D eigenvalue weighted by molar-refractivity contribution is -0.155. The van der Waals surface area contributed by atoms with Crippen molar-refractivity contribution in [1.29, 1.82) is 0 Å². The monoisotopic (exact) mass is 413 g/mol. The molecule has 6 nitrogen and oxygen atoms in total. The number of carbonyl (C=O) groups excluding carboxylic acids is 1. The standard InChI is InChI=1S/C12H13ClINO5/c1-12(19,11(17)18)5-15-10(16)6-3-7(13)8(14)4-9(6)20-2/h3-4,19H,5H2,1-2H3,(H,15,16)(H,17,18). The molecule has 0 aliphatic carbocycles. The van der Waals surface area contributed by atoms with Gasteiger partial charge in [-0.25, -0.2) is 4.79 Å². The molecule has 1 aromatic rings. The molecule has 0 radical (unpaired) electrons. The molecule has 1 unspecified atom stereocenters. The van der Waals surface area contributed by atoms with E-state index in [0.29, 0.717) is 10.8 Å². The van der Waals surface area contributed by atoms with Gasteiger partial charge in [-0.2, -0.15) is 0 Å². The zero-order valence-electron chi connectivity index (χ0n) is 10.7. The number of carboxylic acid groups (broad SMARTS) is 1. The number of hydrogen-bond acceptors (Lipinski definition) is 4. The molecule has 0 heterocycles. The SMILES string of the molecule is COc1cc(I)c(Cl)cc1C(=O)NCC(C)(O)C(=O)O. The van der Waals surface area contributed by atoms with E-state index in [4.69, 9.17) is 21.4 Å². The topological polar surface area (TPSA) is 95.9 Å². The van der Waals surface area contributed by atoms with Gasteiger partial charge in [0.1, 0.15) is 5.75 Å². The fourth-order valence-electron chi connectivity index (χ4n) is 1.30. The Morgan fingerprint density at radius 2 is 2.10 bits per heavy atom. The molecule has 3 N–H and O–H groups in total. The second-order valence-electron chi connectivity index (χ2n) is 4.23. The molecule has 0 bridgehead atoms. The highest BCUT2D eigenvalue weighted by Gasteiger charge is 2.30. The largest absolute Gasteiger partial charge is 0.496 e. The summed E-state index contributed by atoms with van der Waals surface area (Å²) in [7, 11) is 1.41. The first-order chi connectivity index (χ1) is 9.19. The van der Waals surface area contributed by atoms with Gasteiger partial charge in [0.05, 0.1) is 24.2 Å².